The number of hydrogen-bond acceptors (Lipinski definition) is 11. The number of β-amino-alcohol motifs (C(OH)–C–C–N with tert-alkyl or cyclic N) is 1. The molecule has 60 heavy (non-hydrogen) atoms. The molecule has 2 aliphatic heterocycles. The molecule has 0 radical (unpaired) electrons. The summed E-state index contributed by atoms with van der Waals surface area (Å²) < 4.78 is 5.65. The average Bonchev–Trinajstić information content (AvgIpc) is 3.62. The van der Waals surface area contributed by atoms with Gasteiger partial charge in [0.15, 0.2) is 0 Å². The minimum absolute atomic E-state index is 0.00660. The van der Waals surface area contributed by atoms with Gasteiger partial charge >= 0.3 is 0 Å². The molecule has 318 valence electrons. The lowest BCUT2D eigenvalue weighted by Crippen LogP contribution is -2.58. The van der Waals surface area contributed by atoms with Gasteiger partial charge in [0.05, 0.1) is 30.3 Å². The normalized spacial score (nSPS) is 18.7. The second kappa shape index (κ2) is 19.7. The van der Waals surface area contributed by atoms with Crippen LogP contribution in [0.5, 0.6) is 5.75 Å². The summed E-state index contributed by atoms with van der Waals surface area (Å²) in [6.07, 6.45) is 7.54. The second-order valence-electron chi connectivity index (χ2n) is 16.4. The van der Waals surface area contributed by atoms with Gasteiger partial charge in [-0.25, -0.2) is 4.98 Å². The zero-order valence-electron chi connectivity index (χ0n) is 35.2. The summed E-state index contributed by atoms with van der Waals surface area (Å²) in [6, 6.07) is 14.2. The zero-order valence-corrected chi connectivity index (χ0v) is 35.2. The smallest absolute Gasteiger partial charge is 0.274 e. The van der Waals surface area contributed by atoms with Gasteiger partial charge in [-0.2, -0.15) is 0 Å². The van der Waals surface area contributed by atoms with Crippen LogP contribution in [0, 0.1) is 30.1 Å². The highest BCUT2D eigenvalue weighted by Crippen LogP contribution is 2.32. The van der Waals surface area contributed by atoms with Crippen molar-refractivity contribution in [2.75, 3.05) is 50.1 Å². The Balaban J connectivity index is 1.15. The molecular formula is C45H57N9O6. The molecule has 3 aromatic rings. The fraction of sp³-hybridized carbons (Fsp3) is 0.422. The van der Waals surface area contributed by atoms with Crippen LogP contribution in [0.15, 0.2) is 66.9 Å². The van der Waals surface area contributed by atoms with E-state index in [2.05, 4.69) is 43.6 Å². The van der Waals surface area contributed by atoms with Crippen molar-refractivity contribution in [1.82, 2.24) is 25.4 Å². The highest BCUT2D eigenvalue weighted by Gasteiger charge is 2.44. The van der Waals surface area contributed by atoms with Crippen LogP contribution in [-0.4, -0.2) is 113 Å². The number of nitrogens with zero attached hydrogens (tertiary/aromatic N) is 4. The Hall–Kier alpha value is -6.24. The first-order chi connectivity index (χ1) is 28.5. The van der Waals surface area contributed by atoms with Crippen molar-refractivity contribution in [3.63, 3.8) is 0 Å². The van der Waals surface area contributed by atoms with E-state index in [9.17, 15) is 24.3 Å². The second-order valence-corrected chi connectivity index (χ2v) is 16.4. The fourth-order valence-electron chi connectivity index (χ4n) is 7.50. The molecule has 4 amide bonds. The summed E-state index contributed by atoms with van der Waals surface area (Å²) in [5, 5.41) is 27.4. The molecule has 5 rings (SSSR count). The molecule has 15 nitrogen and oxygen atoms in total. The number of aliphatic hydroxyl groups excluding tert-OH is 1. The number of methoxy groups -OCH3 is 1. The lowest BCUT2D eigenvalue weighted by molar-refractivity contribution is -0.144. The third-order valence-corrected chi connectivity index (χ3v) is 11.0. The van der Waals surface area contributed by atoms with Gasteiger partial charge in [0.1, 0.15) is 23.5 Å². The lowest BCUT2D eigenvalue weighted by Gasteiger charge is -2.41. The van der Waals surface area contributed by atoms with Crippen molar-refractivity contribution in [3.8, 4) is 18.1 Å². The summed E-state index contributed by atoms with van der Waals surface area (Å²) in [5.74, 6) is 1.57. The number of amides is 4. The molecule has 3 heterocycles. The van der Waals surface area contributed by atoms with E-state index < -0.39 is 35.4 Å². The third kappa shape index (κ3) is 11.1. The van der Waals surface area contributed by atoms with E-state index >= 15 is 0 Å². The largest absolute Gasteiger partial charge is 0.494 e. The monoisotopic (exact) mass is 819 g/mol. The third-order valence-electron chi connectivity index (χ3n) is 11.0. The standard InChI is InChI=1S/C45H57N9O6/c1-8-30-12-13-31(28(2)22-30)25-48-43(58)38-24-33(55)27-54(38)44(59)41(45(4,5)6)51-40(56)17-19-52-20-21-53(26-29(52)3)32-14-15-36(39(23-32)60-7)50-42(57)37-11-9-10-35(49-37)34(47)16-18-46/h1,9-16,18,22-23,29,33,38,41,47,55H,17,19-21,24-27,46H2,2-7H3,(H,48,58)(H,50,57)(H,51,56)/b18-16-,47-34?/t29-,33-,38+,41-/m1/s1. The molecular weight excluding hydrogens is 763 g/mol. The molecule has 0 spiro atoms. The summed E-state index contributed by atoms with van der Waals surface area (Å²) >= 11 is 0. The molecule has 2 aromatic carbocycles. The van der Waals surface area contributed by atoms with Gasteiger partial charge in [-0.05, 0) is 79.1 Å². The highest BCUT2D eigenvalue weighted by molar-refractivity contribution is 6.07. The van der Waals surface area contributed by atoms with Gasteiger partial charge in [0, 0.05) is 75.5 Å². The summed E-state index contributed by atoms with van der Waals surface area (Å²) in [6.45, 7) is 12.4. The molecule has 0 bridgehead atoms. The molecule has 0 unspecified atom stereocenters. The molecule has 0 saturated carbocycles. The Morgan fingerprint density at radius 3 is 2.52 bits per heavy atom. The van der Waals surface area contributed by atoms with E-state index in [1.807, 2.05) is 58.0 Å². The molecule has 7 N–H and O–H groups in total. The van der Waals surface area contributed by atoms with Gasteiger partial charge in [0.2, 0.25) is 17.7 Å². The van der Waals surface area contributed by atoms with E-state index in [0.717, 1.165) is 22.4 Å². The number of nitrogens with two attached hydrogens (primary N) is 1. The van der Waals surface area contributed by atoms with Crippen molar-refractivity contribution in [3.05, 3.63) is 95.0 Å². The summed E-state index contributed by atoms with van der Waals surface area (Å²) in [5.41, 5.74) is 9.22. The van der Waals surface area contributed by atoms with E-state index in [1.54, 1.807) is 24.3 Å². The van der Waals surface area contributed by atoms with E-state index in [1.165, 1.54) is 24.3 Å². The number of aryl methyl sites for hydroxylation is 1. The first-order valence-electron chi connectivity index (χ1n) is 20.1. The maximum absolute atomic E-state index is 14.1. The number of nitrogens with one attached hydrogen (secondary N) is 4. The van der Waals surface area contributed by atoms with Gasteiger partial charge in [-0.1, -0.05) is 38.8 Å². The number of aliphatic hydroxyl groups is 1. The van der Waals surface area contributed by atoms with E-state index in [0.29, 0.717) is 43.3 Å². The lowest BCUT2D eigenvalue weighted by atomic mass is 9.85. The predicted octanol–water partition coefficient (Wildman–Crippen LogP) is 3.18. The van der Waals surface area contributed by atoms with Crippen molar-refractivity contribution in [1.29, 1.82) is 5.41 Å². The van der Waals surface area contributed by atoms with Crippen LogP contribution < -0.4 is 31.3 Å². The molecule has 2 aliphatic rings. The van der Waals surface area contributed by atoms with Crippen LogP contribution in [0.4, 0.5) is 11.4 Å². The van der Waals surface area contributed by atoms with Crippen LogP contribution in [-0.2, 0) is 20.9 Å². The van der Waals surface area contributed by atoms with E-state index in [-0.39, 0.29) is 55.2 Å². The number of rotatable bonds is 14. The van der Waals surface area contributed by atoms with Crippen LogP contribution in [0.3, 0.4) is 0 Å². The predicted molar refractivity (Wildman–Crippen MR) is 232 cm³/mol. The molecule has 4 atom stereocenters. The number of hydrogen-bond donors (Lipinski definition) is 6. The van der Waals surface area contributed by atoms with Crippen LogP contribution in [0.2, 0.25) is 0 Å². The van der Waals surface area contributed by atoms with E-state index in [4.69, 9.17) is 22.3 Å². The number of piperazine rings is 1. The minimum atomic E-state index is -0.920. The molecule has 15 heteroatoms. The molecule has 2 fully saturated rings. The van der Waals surface area contributed by atoms with Gasteiger partial charge in [-0.15, -0.1) is 6.42 Å². The first-order valence-corrected chi connectivity index (χ1v) is 20.1. The first kappa shape index (κ1) is 44.9. The Labute approximate surface area is 352 Å². The summed E-state index contributed by atoms with van der Waals surface area (Å²) in [4.78, 5) is 64.2. The SMILES string of the molecule is C#Cc1ccc(CNC(=O)[C@@H]2C[C@@H](O)CN2C(=O)[C@@H](NC(=O)CCN2CCN(c3ccc(NC(=O)c4cccc(C(=N)/C=C\N)n4)c(OC)c3)C[C@H]2C)C(C)(C)C)c(C)c1. The van der Waals surface area contributed by atoms with Gasteiger partial charge < -0.3 is 41.3 Å². The van der Waals surface area contributed by atoms with Crippen LogP contribution in [0.25, 0.3) is 0 Å². The fourth-order valence-corrected chi connectivity index (χ4v) is 7.50. The number of carbonyl (C=O) groups is 4. The Bertz CT molecular complexity index is 2160. The van der Waals surface area contributed by atoms with Crippen LogP contribution in [0.1, 0.15) is 73.4 Å². The number of ether oxygens (including phenoxy) is 1. The number of terminal acetylenes is 1. The molecule has 2 saturated heterocycles. The molecule has 1 aromatic heterocycles. The van der Waals surface area contributed by atoms with Crippen molar-refractivity contribution in [2.24, 2.45) is 11.1 Å². The number of carbonyl (C=O) groups excluding carboxylic acids is 4. The Kier molecular flexibility index (Phi) is 14.7. The average molecular weight is 820 g/mol. The van der Waals surface area contributed by atoms with Crippen molar-refractivity contribution < 1.29 is 29.0 Å². The number of benzene rings is 2. The number of pyridine rings is 1. The quantitative estimate of drug-likeness (QED) is 0.104. The highest BCUT2D eigenvalue weighted by atomic mass is 16.5. The maximum atomic E-state index is 14.1. The number of aromatic nitrogens is 1. The number of likely N-dealkylation sites (tertiary alicyclic amines) is 1. The number of anilines is 2. The van der Waals surface area contributed by atoms with Crippen LogP contribution >= 0.6 is 0 Å². The Morgan fingerprint density at radius 1 is 1.10 bits per heavy atom. The zero-order chi connectivity index (χ0) is 43.7. The maximum Gasteiger partial charge on any atom is 0.274 e. The topological polar surface area (TPSA) is 206 Å². The van der Waals surface area contributed by atoms with Gasteiger partial charge in [-0.3, -0.25) is 29.5 Å². The van der Waals surface area contributed by atoms with Crippen molar-refractivity contribution in [2.45, 2.75) is 78.2 Å². The minimum Gasteiger partial charge on any atom is -0.494 e. The van der Waals surface area contributed by atoms with Gasteiger partial charge in [0.25, 0.3) is 5.91 Å². The number of allylic oxidation sites excluding steroid dienone is 1. The molecule has 0 aliphatic carbocycles. The Morgan fingerprint density at radius 2 is 1.85 bits per heavy atom. The van der Waals surface area contributed by atoms with Crippen molar-refractivity contribution >= 4 is 40.7 Å². The summed E-state index contributed by atoms with van der Waals surface area (Å²) in [7, 11) is 1.53.